The first kappa shape index (κ1) is 11.4. The van der Waals surface area contributed by atoms with Crippen LogP contribution in [0.3, 0.4) is 0 Å². The van der Waals surface area contributed by atoms with Crippen LogP contribution in [0.1, 0.15) is 13.8 Å². The number of nitrogens with zero attached hydrogens (tertiary/aromatic N) is 2. The first-order valence-electron chi connectivity index (χ1n) is 5.17. The van der Waals surface area contributed by atoms with Crippen molar-refractivity contribution in [1.82, 2.24) is 10.2 Å². The maximum atomic E-state index is 9.17. The molecule has 0 aliphatic carbocycles. The Morgan fingerprint density at radius 3 is 2.64 bits per heavy atom. The Balaban J connectivity index is 2.53. The third-order valence-corrected chi connectivity index (χ3v) is 2.64. The summed E-state index contributed by atoms with van der Waals surface area (Å²) in [5.41, 5.74) is -0.460. The molecule has 80 valence electrons. The molecule has 0 radical (unpaired) electrons. The van der Waals surface area contributed by atoms with Crippen molar-refractivity contribution < 1.29 is 4.74 Å². The largest absolute Gasteiger partial charge is 0.379 e. The summed E-state index contributed by atoms with van der Waals surface area (Å²) in [6.45, 7) is 8.86. The van der Waals surface area contributed by atoms with Gasteiger partial charge in [0.1, 0.15) is 5.54 Å². The Morgan fingerprint density at radius 2 is 2.14 bits per heavy atom. The van der Waals surface area contributed by atoms with E-state index in [1.165, 1.54) is 0 Å². The molecule has 1 heterocycles. The minimum absolute atomic E-state index is 0.460. The topological polar surface area (TPSA) is 48.3 Å². The van der Waals surface area contributed by atoms with Crippen LogP contribution < -0.4 is 5.32 Å². The van der Waals surface area contributed by atoms with E-state index in [0.717, 1.165) is 26.2 Å². The summed E-state index contributed by atoms with van der Waals surface area (Å²) in [4.78, 5) is 2.19. The van der Waals surface area contributed by atoms with Crippen LogP contribution in [0.15, 0.2) is 0 Å². The number of nitrogens with one attached hydrogen (secondary N) is 1. The fraction of sp³-hybridized carbons (Fsp3) is 0.900. The molecule has 4 nitrogen and oxygen atoms in total. The summed E-state index contributed by atoms with van der Waals surface area (Å²) in [6, 6.07) is 2.36. The number of rotatable bonds is 4. The maximum Gasteiger partial charge on any atom is 0.130 e. The summed E-state index contributed by atoms with van der Waals surface area (Å²) < 4.78 is 5.36. The Hall–Kier alpha value is -0.630. The molecule has 4 heteroatoms. The summed E-state index contributed by atoms with van der Waals surface area (Å²) in [5.74, 6) is 0. The van der Waals surface area contributed by atoms with Gasteiger partial charge in [0, 0.05) is 32.8 Å². The minimum Gasteiger partial charge on any atom is -0.379 e. The molecule has 14 heavy (non-hydrogen) atoms. The van der Waals surface area contributed by atoms with Crippen molar-refractivity contribution >= 4 is 0 Å². The van der Waals surface area contributed by atoms with Crippen LogP contribution in [0, 0.1) is 11.3 Å². The number of hydrogen-bond donors (Lipinski definition) is 1. The minimum atomic E-state index is -0.460. The first-order valence-corrected chi connectivity index (χ1v) is 5.17. The van der Waals surface area contributed by atoms with E-state index in [2.05, 4.69) is 16.3 Å². The lowest BCUT2D eigenvalue weighted by molar-refractivity contribution is 0.0311. The average Bonchev–Trinajstić information content (AvgIpc) is 2.27. The second kappa shape index (κ2) is 5.30. The van der Waals surface area contributed by atoms with E-state index in [1.807, 2.05) is 13.8 Å². The van der Waals surface area contributed by atoms with Crippen LogP contribution in [-0.4, -0.2) is 49.8 Å². The van der Waals surface area contributed by atoms with Crippen LogP contribution in [-0.2, 0) is 4.74 Å². The van der Waals surface area contributed by atoms with Gasteiger partial charge in [-0.3, -0.25) is 4.90 Å². The Kier molecular flexibility index (Phi) is 4.33. The van der Waals surface area contributed by atoms with Crippen LogP contribution in [0.25, 0.3) is 0 Å². The van der Waals surface area contributed by atoms with Crippen molar-refractivity contribution in [2.75, 3.05) is 39.4 Å². The number of nitriles is 1. The van der Waals surface area contributed by atoms with Gasteiger partial charge in [-0.05, 0) is 13.8 Å². The molecule has 0 aromatic heterocycles. The Morgan fingerprint density at radius 1 is 1.50 bits per heavy atom. The van der Waals surface area contributed by atoms with Gasteiger partial charge in [0.05, 0.1) is 12.7 Å². The molecule has 0 saturated carbocycles. The number of piperazine rings is 1. The van der Waals surface area contributed by atoms with Crippen molar-refractivity contribution in [2.24, 2.45) is 0 Å². The van der Waals surface area contributed by atoms with Gasteiger partial charge >= 0.3 is 0 Å². The fourth-order valence-corrected chi connectivity index (χ4v) is 1.65. The third-order valence-electron chi connectivity index (χ3n) is 2.64. The standard InChI is InChI=1S/C10H19N3O/c1-3-14-9-10(2,8-11)13-6-4-12-5-7-13/h12H,3-7,9H2,1-2H3. The van der Waals surface area contributed by atoms with Crippen molar-refractivity contribution in [3.8, 4) is 6.07 Å². The van der Waals surface area contributed by atoms with Gasteiger partial charge in [-0.2, -0.15) is 5.26 Å². The zero-order valence-corrected chi connectivity index (χ0v) is 9.05. The zero-order chi connectivity index (χ0) is 10.4. The van der Waals surface area contributed by atoms with Gasteiger partial charge in [0.2, 0.25) is 0 Å². The summed E-state index contributed by atoms with van der Waals surface area (Å²) >= 11 is 0. The third kappa shape index (κ3) is 2.68. The molecule has 1 atom stereocenters. The highest BCUT2D eigenvalue weighted by Crippen LogP contribution is 2.15. The van der Waals surface area contributed by atoms with Crippen LogP contribution in [0.5, 0.6) is 0 Å². The molecule has 0 amide bonds. The molecule has 1 fully saturated rings. The normalized spacial score (nSPS) is 22.6. The highest BCUT2D eigenvalue weighted by Gasteiger charge is 2.32. The molecule has 1 aliphatic heterocycles. The lowest BCUT2D eigenvalue weighted by Crippen LogP contribution is -2.56. The number of ether oxygens (including phenoxy) is 1. The summed E-state index contributed by atoms with van der Waals surface area (Å²) in [5, 5.41) is 12.4. The lowest BCUT2D eigenvalue weighted by atomic mass is 10.0. The average molecular weight is 197 g/mol. The molecule has 1 rings (SSSR count). The second-order valence-corrected chi connectivity index (χ2v) is 3.76. The van der Waals surface area contributed by atoms with E-state index >= 15 is 0 Å². The van der Waals surface area contributed by atoms with Crippen molar-refractivity contribution in [3.63, 3.8) is 0 Å². The van der Waals surface area contributed by atoms with Gasteiger partial charge in [0.25, 0.3) is 0 Å². The molecule has 0 aromatic rings. The van der Waals surface area contributed by atoms with Crippen LogP contribution in [0.4, 0.5) is 0 Å². The smallest absolute Gasteiger partial charge is 0.130 e. The summed E-state index contributed by atoms with van der Waals surface area (Å²) in [6.07, 6.45) is 0. The van der Waals surface area contributed by atoms with Gasteiger partial charge in [-0.15, -0.1) is 0 Å². The van der Waals surface area contributed by atoms with Gasteiger partial charge in [-0.25, -0.2) is 0 Å². The first-order chi connectivity index (χ1) is 6.73. The van der Waals surface area contributed by atoms with E-state index in [1.54, 1.807) is 0 Å². The van der Waals surface area contributed by atoms with E-state index in [0.29, 0.717) is 13.2 Å². The molecule has 1 unspecified atom stereocenters. The SMILES string of the molecule is CCOCC(C)(C#N)N1CCNCC1. The zero-order valence-electron chi connectivity index (χ0n) is 9.05. The van der Waals surface area contributed by atoms with E-state index in [4.69, 9.17) is 4.74 Å². The van der Waals surface area contributed by atoms with E-state index in [9.17, 15) is 5.26 Å². The lowest BCUT2D eigenvalue weighted by Gasteiger charge is -2.38. The molecular formula is C10H19N3O. The van der Waals surface area contributed by atoms with Gasteiger partial charge < -0.3 is 10.1 Å². The number of hydrogen-bond acceptors (Lipinski definition) is 4. The molecule has 0 bridgehead atoms. The quantitative estimate of drug-likeness (QED) is 0.700. The monoisotopic (exact) mass is 197 g/mol. The van der Waals surface area contributed by atoms with Gasteiger partial charge in [0.15, 0.2) is 0 Å². The van der Waals surface area contributed by atoms with Crippen LogP contribution in [0.2, 0.25) is 0 Å². The van der Waals surface area contributed by atoms with E-state index in [-0.39, 0.29) is 0 Å². The molecule has 1 saturated heterocycles. The van der Waals surface area contributed by atoms with E-state index < -0.39 is 5.54 Å². The van der Waals surface area contributed by atoms with Crippen molar-refractivity contribution in [2.45, 2.75) is 19.4 Å². The van der Waals surface area contributed by atoms with Gasteiger partial charge in [-0.1, -0.05) is 0 Å². The van der Waals surface area contributed by atoms with Crippen molar-refractivity contribution in [1.29, 1.82) is 5.26 Å². The Labute approximate surface area is 85.8 Å². The molecule has 0 aromatic carbocycles. The predicted molar refractivity (Wildman–Crippen MR) is 55.0 cm³/mol. The summed E-state index contributed by atoms with van der Waals surface area (Å²) in [7, 11) is 0. The molecule has 0 spiro atoms. The highest BCUT2D eigenvalue weighted by atomic mass is 16.5. The Bertz CT molecular complexity index is 208. The molecule has 1 N–H and O–H groups in total. The predicted octanol–water partition coefficient (Wildman–Crippen LogP) is 0.210. The highest BCUT2D eigenvalue weighted by molar-refractivity contribution is 5.06. The second-order valence-electron chi connectivity index (χ2n) is 3.76. The van der Waals surface area contributed by atoms with Crippen LogP contribution >= 0.6 is 0 Å². The van der Waals surface area contributed by atoms with Crippen molar-refractivity contribution in [3.05, 3.63) is 0 Å². The maximum absolute atomic E-state index is 9.17. The molecular weight excluding hydrogens is 178 g/mol. The fourth-order valence-electron chi connectivity index (χ4n) is 1.65. The molecule has 1 aliphatic rings.